The van der Waals surface area contributed by atoms with Crippen LogP contribution in [-0.4, -0.2) is 36.4 Å². The monoisotopic (exact) mass is 667 g/mol. The number of carbonyl (C=O) groups is 2. The largest absolute Gasteiger partial charge is 0.462 e. The van der Waals surface area contributed by atoms with Crippen molar-refractivity contribution in [3.8, 4) is 0 Å². The topological polar surface area (TPSA) is 72.8 Å². The smallest absolute Gasteiger partial charge is 0.306 e. The lowest BCUT2D eigenvalue weighted by atomic mass is 10.1. The molecule has 0 heterocycles. The highest BCUT2D eigenvalue weighted by molar-refractivity contribution is 5.70. The molecule has 5 heteroatoms. The van der Waals surface area contributed by atoms with Gasteiger partial charge in [0.15, 0.2) is 6.10 Å². The average molecular weight is 667 g/mol. The van der Waals surface area contributed by atoms with Crippen LogP contribution in [0.3, 0.4) is 0 Å². The number of aliphatic hydroxyl groups excluding tert-OH is 1. The predicted molar refractivity (Wildman–Crippen MR) is 205 cm³/mol. The van der Waals surface area contributed by atoms with Crippen LogP contribution in [-0.2, 0) is 19.1 Å². The second-order valence-corrected chi connectivity index (χ2v) is 12.3. The summed E-state index contributed by atoms with van der Waals surface area (Å²) < 4.78 is 10.5. The molecule has 272 valence electrons. The normalized spacial score (nSPS) is 13.1. The first-order valence-corrected chi connectivity index (χ1v) is 19.1. The fourth-order valence-electron chi connectivity index (χ4n) is 4.79. The van der Waals surface area contributed by atoms with Crippen LogP contribution in [0.2, 0.25) is 0 Å². The summed E-state index contributed by atoms with van der Waals surface area (Å²) in [6.45, 7) is 3.92. The Labute approximate surface area is 295 Å². The molecule has 0 amide bonds. The molecule has 0 radical (unpaired) electrons. The zero-order chi connectivity index (χ0) is 35.0. The molecular weight excluding hydrogens is 596 g/mol. The molecule has 0 spiro atoms. The number of hydrogen-bond acceptors (Lipinski definition) is 5. The third-order valence-electron chi connectivity index (χ3n) is 7.67. The van der Waals surface area contributed by atoms with Crippen molar-refractivity contribution in [2.45, 2.75) is 161 Å². The SMILES string of the molecule is CCC=CCC=CCC=CCC=CCC=CCCCC(=O)OC[C@H](CO)OC(=O)CCCCCCCCCC=CCC=CCCCCC. The third kappa shape index (κ3) is 35.9. The maximum atomic E-state index is 12.2. The molecule has 48 heavy (non-hydrogen) atoms. The van der Waals surface area contributed by atoms with E-state index in [1.165, 1.54) is 51.4 Å². The Bertz CT molecular complexity index is 937. The lowest BCUT2D eigenvalue weighted by Gasteiger charge is -2.15. The molecule has 1 atom stereocenters. The number of ether oxygens (including phenoxy) is 2. The van der Waals surface area contributed by atoms with Crippen LogP contribution in [0.15, 0.2) is 85.1 Å². The quantitative estimate of drug-likeness (QED) is 0.0429. The number of unbranched alkanes of at least 4 members (excludes halogenated alkanes) is 11. The summed E-state index contributed by atoms with van der Waals surface area (Å²) in [5, 5.41) is 9.54. The molecule has 0 bridgehead atoms. The van der Waals surface area contributed by atoms with Crippen molar-refractivity contribution in [3.63, 3.8) is 0 Å². The van der Waals surface area contributed by atoms with E-state index in [9.17, 15) is 14.7 Å². The average Bonchev–Trinajstić information content (AvgIpc) is 3.09. The third-order valence-corrected chi connectivity index (χ3v) is 7.67. The molecule has 0 aliphatic heterocycles. The van der Waals surface area contributed by atoms with Crippen molar-refractivity contribution < 1.29 is 24.2 Å². The van der Waals surface area contributed by atoms with E-state index < -0.39 is 6.10 Å². The molecule has 0 saturated carbocycles. The summed E-state index contributed by atoms with van der Waals surface area (Å²) in [4.78, 5) is 24.2. The summed E-state index contributed by atoms with van der Waals surface area (Å²) in [5.74, 6) is -0.677. The van der Waals surface area contributed by atoms with Gasteiger partial charge in [0, 0.05) is 12.8 Å². The Kier molecular flexibility index (Phi) is 36.2. The number of carbonyl (C=O) groups excluding carboxylic acids is 2. The van der Waals surface area contributed by atoms with Crippen LogP contribution in [0.1, 0.15) is 155 Å². The van der Waals surface area contributed by atoms with Gasteiger partial charge >= 0.3 is 11.9 Å². The molecule has 0 aliphatic rings. The van der Waals surface area contributed by atoms with Crippen LogP contribution in [0.4, 0.5) is 0 Å². The van der Waals surface area contributed by atoms with E-state index in [-0.39, 0.29) is 25.2 Å². The fraction of sp³-hybridized carbons (Fsp3) is 0.628. The Morgan fingerprint density at radius 3 is 1.42 bits per heavy atom. The van der Waals surface area contributed by atoms with Gasteiger partial charge in [0.05, 0.1) is 6.61 Å². The highest BCUT2D eigenvalue weighted by Gasteiger charge is 2.16. The van der Waals surface area contributed by atoms with Crippen LogP contribution in [0, 0.1) is 0 Å². The minimum atomic E-state index is -0.803. The molecule has 0 aliphatic carbocycles. The summed E-state index contributed by atoms with van der Waals surface area (Å²) in [5.41, 5.74) is 0. The first-order chi connectivity index (χ1) is 23.6. The molecule has 0 unspecified atom stereocenters. The molecule has 0 aromatic rings. The van der Waals surface area contributed by atoms with Crippen molar-refractivity contribution in [2.75, 3.05) is 13.2 Å². The van der Waals surface area contributed by atoms with E-state index in [0.29, 0.717) is 19.3 Å². The van der Waals surface area contributed by atoms with Crippen LogP contribution in [0.5, 0.6) is 0 Å². The van der Waals surface area contributed by atoms with Gasteiger partial charge in [-0.2, -0.15) is 0 Å². The van der Waals surface area contributed by atoms with Crippen LogP contribution < -0.4 is 0 Å². The first kappa shape index (κ1) is 45.1. The van der Waals surface area contributed by atoms with Gasteiger partial charge in [-0.1, -0.05) is 144 Å². The lowest BCUT2D eigenvalue weighted by Crippen LogP contribution is -2.28. The minimum Gasteiger partial charge on any atom is -0.462 e. The minimum absolute atomic E-state index is 0.103. The highest BCUT2D eigenvalue weighted by Crippen LogP contribution is 2.11. The zero-order valence-corrected chi connectivity index (χ0v) is 30.7. The fourth-order valence-corrected chi connectivity index (χ4v) is 4.79. The Morgan fingerprint density at radius 1 is 0.500 bits per heavy atom. The van der Waals surface area contributed by atoms with E-state index in [0.717, 1.165) is 70.6 Å². The number of allylic oxidation sites excluding steroid dienone is 14. The number of hydrogen-bond donors (Lipinski definition) is 1. The maximum absolute atomic E-state index is 12.2. The van der Waals surface area contributed by atoms with E-state index in [4.69, 9.17) is 9.47 Å². The summed E-state index contributed by atoms with van der Waals surface area (Å²) in [7, 11) is 0. The maximum Gasteiger partial charge on any atom is 0.306 e. The van der Waals surface area contributed by atoms with Gasteiger partial charge in [-0.25, -0.2) is 0 Å². The van der Waals surface area contributed by atoms with Gasteiger partial charge in [-0.15, -0.1) is 0 Å². The van der Waals surface area contributed by atoms with Crippen molar-refractivity contribution >= 4 is 11.9 Å². The number of esters is 2. The summed E-state index contributed by atoms with van der Waals surface area (Å²) >= 11 is 0. The molecule has 0 fully saturated rings. The van der Waals surface area contributed by atoms with E-state index >= 15 is 0 Å². The van der Waals surface area contributed by atoms with Gasteiger partial charge in [0.2, 0.25) is 0 Å². The molecule has 0 rings (SSSR count). The Balaban J connectivity index is 3.70. The van der Waals surface area contributed by atoms with Gasteiger partial charge in [-0.05, 0) is 83.5 Å². The zero-order valence-electron chi connectivity index (χ0n) is 30.7. The summed E-state index contributed by atoms with van der Waals surface area (Å²) in [6.07, 6.45) is 52.1. The summed E-state index contributed by atoms with van der Waals surface area (Å²) in [6, 6.07) is 0. The molecule has 0 saturated heterocycles. The van der Waals surface area contributed by atoms with Gasteiger partial charge in [-0.3, -0.25) is 9.59 Å². The van der Waals surface area contributed by atoms with Crippen molar-refractivity contribution in [1.82, 2.24) is 0 Å². The van der Waals surface area contributed by atoms with Crippen molar-refractivity contribution in [2.24, 2.45) is 0 Å². The Hall–Kier alpha value is -2.92. The van der Waals surface area contributed by atoms with Gasteiger partial charge in [0.1, 0.15) is 6.61 Å². The van der Waals surface area contributed by atoms with Crippen molar-refractivity contribution in [1.29, 1.82) is 0 Å². The van der Waals surface area contributed by atoms with Crippen molar-refractivity contribution in [3.05, 3.63) is 85.1 Å². The second kappa shape index (κ2) is 38.5. The molecule has 5 nitrogen and oxygen atoms in total. The van der Waals surface area contributed by atoms with E-state index in [1.54, 1.807) is 0 Å². The van der Waals surface area contributed by atoms with E-state index in [1.807, 2.05) is 0 Å². The van der Waals surface area contributed by atoms with Gasteiger partial charge < -0.3 is 14.6 Å². The number of aliphatic hydroxyl groups is 1. The highest BCUT2D eigenvalue weighted by atomic mass is 16.6. The van der Waals surface area contributed by atoms with E-state index in [2.05, 4.69) is 98.9 Å². The van der Waals surface area contributed by atoms with Gasteiger partial charge in [0.25, 0.3) is 0 Å². The predicted octanol–water partition coefficient (Wildman–Crippen LogP) is 11.9. The van der Waals surface area contributed by atoms with Crippen LogP contribution >= 0.6 is 0 Å². The molecule has 1 N–H and O–H groups in total. The molecule has 0 aromatic carbocycles. The standard InChI is InChI=1S/C43H70O5/c1-3-5-7-9-11-13-15-17-19-21-23-25-27-29-31-33-35-37-42(45)47-40-41(39-44)48-43(46)38-36-34-32-30-28-26-24-22-20-18-16-14-12-10-8-6-4-2/h5,7,11-14,17-20,23,25,29,31,41,44H,3-4,6,8-10,15-16,21-22,24,26-28,30,32-40H2,1-2H3/t41-/m0/s1. The second-order valence-electron chi connectivity index (χ2n) is 12.3. The molecular formula is C43H70O5. The first-order valence-electron chi connectivity index (χ1n) is 19.1. The lowest BCUT2D eigenvalue weighted by molar-refractivity contribution is -0.161. The molecule has 0 aromatic heterocycles. The van der Waals surface area contributed by atoms with Crippen LogP contribution in [0.25, 0.3) is 0 Å². The number of rotatable bonds is 33. The Morgan fingerprint density at radius 2 is 0.917 bits per heavy atom.